The van der Waals surface area contributed by atoms with E-state index in [-0.39, 0.29) is 5.56 Å². The molecule has 7 nitrogen and oxygen atoms in total. The predicted octanol–water partition coefficient (Wildman–Crippen LogP) is 4.99. The Labute approximate surface area is 201 Å². The summed E-state index contributed by atoms with van der Waals surface area (Å²) in [7, 11) is 0. The molecule has 0 bridgehead atoms. The molecule has 1 heterocycles. The number of aromatic nitrogens is 1. The van der Waals surface area contributed by atoms with Gasteiger partial charge in [-0.1, -0.05) is 48.0 Å². The number of carbonyl (C=O) groups excluding carboxylic acids is 2. The monoisotopic (exact) mass is 472 g/mol. The molecule has 0 saturated carbocycles. The predicted molar refractivity (Wildman–Crippen MR) is 133 cm³/mol. The second-order valence-electron chi connectivity index (χ2n) is 7.39. The van der Waals surface area contributed by atoms with E-state index in [9.17, 15) is 14.4 Å². The number of halogens is 1. The number of rotatable bonds is 6. The van der Waals surface area contributed by atoms with Crippen molar-refractivity contribution in [3.63, 3.8) is 0 Å². The molecular formula is C26H21ClN4O3. The van der Waals surface area contributed by atoms with Crippen molar-refractivity contribution < 1.29 is 9.59 Å². The molecule has 1 atom stereocenters. The SMILES string of the molecule is O=C(Nc1ccc(Cl)cc1)N[C@@H](C(=O)Nc1ccc(-n2ccccc2=O)cc1)c1ccccc1. The van der Waals surface area contributed by atoms with Gasteiger partial charge in [0.25, 0.3) is 11.5 Å². The summed E-state index contributed by atoms with van der Waals surface area (Å²) in [5, 5.41) is 8.79. The van der Waals surface area contributed by atoms with Gasteiger partial charge in [0.1, 0.15) is 6.04 Å². The smallest absolute Gasteiger partial charge is 0.320 e. The van der Waals surface area contributed by atoms with E-state index < -0.39 is 18.0 Å². The lowest BCUT2D eigenvalue weighted by atomic mass is 10.1. The number of nitrogens with zero attached hydrogens (tertiary/aromatic N) is 1. The fourth-order valence-electron chi connectivity index (χ4n) is 3.34. The first-order chi connectivity index (χ1) is 16.5. The molecule has 0 fully saturated rings. The quantitative estimate of drug-likeness (QED) is 0.369. The first-order valence-electron chi connectivity index (χ1n) is 10.5. The molecule has 0 unspecified atom stereocenters. The zero-order valence-electron chi connectivity index (χ0n) is 17.9. The van der Waals surface area contributed by atoms with Crippen LogP contribution in [0.15, 0.2) is 108 Å². The number of nitrogens with one attached hydrogen (secondary N) is 3. The highest BCUT2D eigenvalue weighted by Crippen LogP contribution is 2.19. The minimum absolute atomic E-state index is 0.153. The summed E-state index contributed by atoms with van der Waals surface area (Å²) in [6.07, 6.45) is 1.67. The van der Waals surface area contributed by atoms with E-state index in [1.807, 2.05) is 6.07 Å². The Hall–Kier alpha value is -4.36. The molecule has 3 N–H and O–H groups in total. The molecule has 8 heteroatoms. The van der Waals surface area contributed by atoms with Gasteiger partial charge in [-0.05, 0) is 60.2 Å². The number of benzene rings is 3. The van der Waals surface area contributed by atoms with Gasteiger partial charge < -0.3 is 16.0 Å². The van der Waals surface area contributed by atoms with Gasteiger partial charge in [-0.2, -0.15) is 0 Å². The van der Waals surface area contributed by atoms with Crippen molar-refractivity contribution in [1.82, 2.24) is 9.88 Å². The fourth-order valence-corrected chi connectivity index (χ4v) is 3.46. The minimum Gasteiger partial charge on any atom is -0.324 e. The van der Waals surface area contributed by atoms with E-state index >= 15 is 0 Å². The number of amides is 3. The van der Waals surface area contributed by atoms with Gasteiger partial charge in [-0.15, -0.1) is 0 Å². The van der Waals surface area contributed by atoms with Crippen LogP contribution in [0.2, 0.25) is 5.02 Å². The van der Waals surface area contributed by atoms with Crippen molar-refractivity contribution in [3.8, 4) is 5.69 Å². The molecule has 4 rings (SSSR count). The third kappa shape index (κ3) is 5.70. The number of urea groups is 1. The number of hydrogen-bond acceptors (Lipinski definition) is 3. The minimum atomic E-state index is -0.940. The van der Waals surface area contributed by atoms with E-state index in [4.69, 9.17) is 11.6 Å². The van der Waals surface area contributed by atoms with Crippen LogP contribution in [0.25, 0.3) is 5.69 Å². The normalized spacial score (nSPS) is 11.3. The first kappa shape index (κ1) is 22.8. The third-order valence-electron chi connectivity index (χ3n) is 5.01. The van der Waals surface area contributed by atoms with E-state index in [2.05, 4.69) is 16.0 Å². The maximum Gasteiger partial charge on any atom is 0.320 e. The Morgan fingerprint density at radius 3 is 2.03 bits per heavy atom. The molecule has 0 saturated heterocycles. The van der Waals surface area contributed by atoms with Crippen LogP contribution >= 0.6 is 11.6 Å². The van der Waals surface area contributed by atoms with Crippen molar-refractivity contribution >= 4 is 34.9 Å². The van der Waals surface area contributed by atoms with Gasteiger partial charge in [0.15, 0.2) is 0 Å². The van der Waals surface area contributed by atoms with E-state index in [1.54, 1.807) is 91.1 Å². The van der Waals surface area contributed by atoms with Crippen LogP contribution in [0.4, 0.5) is 16.2 Å². The summed E-state index contributed by atoms with van der Waals surface area (Å²) in [5.41, 5.74) is 2.21. The Kier molecular flexibility index (Phi) is 7.05. The van der Waals surface area contributed by atoms with E-state index in [1.165, 1.54) is 10.6 Å². The highest BCUT2D eigenvalue weighted by atomic mass is 35.5. The van der Waals surface area contributed by atoms with Crippen LogP contribution in [-0.2, 0) is 4.79 Å². The van der Waals surface area contributed by atoms with E-state index in [0.717, 1.165) is 0 Å². The van der Waals surface area contributed by atoms with Gasteiger partial charge >= 0.3 is 6.03 Å². The molecule has 1 aromatic heterocycles. The average molecular weight is 473 g/mol. The van der Waals surface area contributed by atoms with Gasteiger partial charge in [-0.25, -0.2) is 4.79 Å². The third-order valence-corrected chi connectivity index (χ3v) is 5.26. The lowest BCUT2D eigenvalue weighted by Gasteiger charge is -2.19. The topological polar surface area (TPSA) is 92.2 Å². The summed E-state index contributed by atoms with van der Waals surface area (Å²) in [5.74, 6) is -0.415. The number of carbonyl (C=O) groups is 2. The van der Waals surface area contributed by atoms with Crippen LogP contribution in [-0.4, -0.2) is 16.5 Å². The zero-order chi connectivity index (χ0) is 23.9. The van der Waals surface area contributed by atoms with Gasteiger partial charge in [0.05, 0.1) is 0 Å². The molecule has 0 radical (unpaired) electrons. The average Bonchev–Trinajstić information content (AvgIpc) is 2.85. The van der Waals surface area contributed by atoms with Gasteiger partial charge in [-0.3, -0.25) is 14.2 Å². The summed E-state index contributed by atoms with van der Waals surface area (Å²) < 4.78 is 1.50. The highest BCUT2D eigenvalue weighted by molar-refractivity contribution is 6.30. The van der Waals surface area contributed by atoms with Gasteiger partial charge in [0.2, 0.25) is 0 Å². The maximum atomic E-state index is 13.1. The lowest BCUT2D eigenvalue weighted by Crippen LogP contribution is -2.39. The van der Waals surface area contributed by atoms with Crippen LogP contribution in [0.5, 0.6) is 0 Å². The van der Waals surface area contributed by atoms with Crippen molar-refractivity contribution in [2.45, 2.75) is 6.04 Å². The van der Waals surface area contributed by atoms with Crippen LogP contribution in [0, 0.1) is 0 Å². The Balaban J connectivity index is 1.49. The molecule has 0 aliphatic heterocycles. The van der Waals surface area contributed by atoms with Crippen molar-refractivity contribution in [2.75, 3.05) is 10.6 Å². The summed E-state index contributed by atoms with van der Waals surface area (Å²) >= 11 is 5.89. The molecule has 170 valence electrons. The van der Waals surface area contributed by atoms with Crippen LogP contribution < -0.4 is 21.5 Å². The highest BCUT2D eigenvalue weighted by Gasteiger charge is 2.23. The molecule has 0 spiro atoms. The number of anilines is 2. The molecule has 0 aliphatic carbocycles. The summed E-state index contributed by atoms with van der Waals surface area (Å²) in [6, 6.07) is 25.9. The molecular weight excluding hydrogens is 452 g/mol. The van der Waals surface area contributed by atoms with Crippen molar-refractivity contribution in [3.05, 3.63) is 124 Å². The second kappa shape index (κ2) is 10.5. The Morgan fingerprint density at radius 2 is 1.35 bits per heavy atom. The molecule has 3 aromatic carbocycles. The summed E-state index contributed by atoms with van der Waals surface area (Å²) in [4.78, 5) is 37.8. The van der Waals surface area contributed by atoms with Crippen LogP contribution in [0.1, 0.15) is 11.6 Å². The van der Waals surface area contributed by atoms with Gasteiger partial charge in [0, 0.05) is 34.3 Å². The zero-order valence-corrected chi connectivity index (χ0v) is 18.7. The molecule has 3 amide bonds. The Morgan fingerprint density at radius 1 is 0.735 bits per heavy atom. The van der Waals surface area contributed by atoms with Crippen molar-refractivity contribution in [2.24, 2.45) is 0 Å². The molecule has 4 aromatic rings. The lowest BCUT2D eigenvalue weighted by molar-refractivity contribution is -0.118. The maximum absolute atomic E-state index is 13.1. The first-order valence-corrected chi connectivity index (χ1v) is 10.8. The molecule has 0 aliphatic rings. The number of hydrogen-bond donors (Lipinski definition) is 3. The standard InChI is InChI=1S/C26H21ClN4O3/c27-19-9-11-21(12-10-19)29-26(34)30-24(18-6-2-1-3-7-18)25(33)28-20-13-15-22(16-14-20)31-17-5-4-8-23(31)32/h1-17,24H,(H,28,33)(H2,29,30,34)/t24-/m1/s1. The fraction of sp³-hybridized carbons (Fsp3) is 0.0385. The van der Waals surface area contributed by atoms with Crippen molar-refractivity contribution in [1.29, 1.82) is 0 Å². The van der Waals surface area contributed by atoms with Crippen LogP contribution in [0.3, 0.4) is 0 Å². The number of pyridine rings is 1. The molecule has 34 heavy (non-hydrogen) atoms. The van der Waals surface area contributed by atoms with E-state index in [0.29, 0.717) is 27.6 Å². The Bertz CT molecular complexity index is 1340. The summed E-state index contributed by atoms with van der Waals surface area (Å²) in [6.45, 7) is 0. The largest absolute Gasteiger partial charge is 0.324 e. The second-order valence-corrected chi connectivity index (χ2v) is 7.83.